The number of aromatic nitrogens is 2. The Labute approximate surface area is 135 Å². The summed E-state index contributed by atoms with van der Waals surface area (Å²) in [6, 6.07) is 10.6. The van der Waals surface area contributed by atoms with Crippen LogP contribution in [-0.4, -0.2) is 28.7 Å². The smallest absolute Gasteiger partial charge is 0.231 e. The van der Waals surface area contributed by atoms with E-state index in [2.05, 4.69) is 49.8 Å². The number of aryl methyl sites for hydroxylation is 1. The molecule has 0 bridgehead atoms. The maximum Gasteiger partial charge on any atom is 0.231 e. The SMILES string of the molecule is CNC(=S)Nc1nc(C)cc(N2CCc3ccccc3C2)n1. The van der Waals surface area contributed by atoms with E-state index in [1.807, 2.05) is 13.0 Å². The zero-order valence-corrected chi connectivity index (χ0v) is 13.6. The summed E-state index contributed by atoms with van der Waals surface area (Å²) in [7, 11) is 1.77. The lowest BCUT2D eigenvalue weighted by molar-refractivity contribution is 0.719. The van der Waals surface area contributed by atoms with Gasteiger partial charge in [0, 0.05) is 31.9 Å². The minimum Gasteiger partial charge on any atom is -0.365 e. The fourth-order valence-electron chi connectivity index (χ4n) is 2.63. The van der Waals surface area contributed by atoms with E-state index in [-0.39, 0.29) is 0 Å². The highest BCUT2D eigenvalue weighted by molar-refractivity contribution is 7.80. The predicted octanol–water partition coefficient (Wildman–Crippen LogP) is 2.26. The quantitative estimate of drug-likeness (QED) is 0.830. The lowest BCUT2D eigenvalue weighted by Gasteiger charge is -2.30. The lowest BCUT2D eigenvalue weighted by atomic mass is 10.00. The third-order valence-electron chi connectivity index (χ3n) is 3.75. The zero-order valence-electron chi connectivity index (χ0n) is 12.8. The Balaban J connectivity index is 1.85. The molecule has 1 aromatic carbocycles. The molecule has 1 aliphatic heterocycles. The van der Waals surface area contributed by atoms with Crippen LogP contribution in [0.5, 0.6) is 0 Å². The number of anilines is 2. The maximum absolute atomic E-state index is 5.12. The second kappa shape index (κ2) is 6.27. The van der Waals surface area contributed by atoms with Crippen LogP contribution in [0.3, 0.4) is 0 Å². The van der Waals surface area contributed by atoms with Crippen LogP contribution in [0.1, 0.15) is 16.8 Å². The van der Waals surface area contributed by atoms with E-state index < -0.39 is 0 Å². The number of hydrogen-bond acceptors (Lipinski definition) is 4. The Morgan fingerprint density at radius 2 is 2.00 bits per heavy atom. The van der Waals surface area contributed by atoms with Crippen molar-refractivity contribution in [1.29, 1.82) is 0 Å². The molecule has 1 aliphatic rings. The number of nitrogens with one attached hydrogen (secondary N) is 2. The van der Waals surface area contributed by atoms with Crippen LogP contribution in [0.25, 0.3) is 0 Å². The monoisotopic (exact) mass is 313 g/mol. The lowest BCUT2D eigenvalue weighted by Crippen LogP contribution is -2.32. The molecular formula is C16H19N5S. The molecule has 0 atom stereocenters. The first-order valence-electron chi connectivity index (χ1n) is 7.32. The van der Waals surface area contributed by atoms with Crippen LogP contribution >= 0.6 is 12.2 Å². The fraction of sp³-hybridized carbons (Fsp3) is 0.312. The number of benzene rings is 1. The van der Waals surface area contributed by atoms with E-state index in [0.717, 1.165) is 31.0 Å². The maximum atomic E-state index is 5.12. The second-order valence-corrected chi connectivity index (χ2v) is 5.74. The zero-order chi connectivity index (χ0) is 15.5. The summed E-state index contributed by atoms with van der Waals surface area (Å²) >= 11 is 5.12. The van der Waals surface area contributed by atoms with Crippen LogP contribution in [-0.2, 0) is 13.0 Å². The summed E-state index contributed by atoms with van der Waals surface area (Å²) in [5, 5.41) is 6.39. The van der Waals surface area contributed by atoms with Gasteiger partial charge in [-0.1, -0.05) is 24.3 Å². The van der Waals surface area contributed by atoms with Gasteiger partial charge in [-0.25, -0.2) is 4.98 Å². The molecule has 114 valence electrons. The Hall–Kier alpha value is -2.21. The normalized spacial score (nSPS) is 13.5. The fourth-order valence-corrected chi connectivity index (χ4v) is 2.72. The van der Waals surface area contributed by atoms with Gasteiger partial charge in [0.2, 0.25) is 5.95 Å². The summed E-state index contributed by atoms with van der Waals surface area (Å²) < 4.78 is 0. The third kappa shape index (κ3) is 3.17. The highest BCUT2D eigenvalue weighted by Gasteiger charge is 2.18. The van der Waals surface area contributed by atoms with Gasteiger partial charge in [0.1, 0.15) is 5.82 Å². The molecule has 0 unspecified atom stereocenters. The van der Waals surface area contributed by atoms with Crippen LogP contribution < -0.4 is 15.5 Å². The number of nitrogens with zero attached hydrogens (tertiary/aromatic N) is 3. The summed E-state index contributed by atoms with van der Waals surface area (Å²) in [5.74, 6) is 1.47. The molecule has 0 spiro atoms. The molecule has 0 aliphatic carbocycles. The molecule has 0 fully saturated rings. The molecule has 2 N–H and O–H groups in total. The number of rotatable bonds is 2. The minimum atomic E-state index is 0.514. The molecule has 0 saturated heterocycles. The Kier molecular flexibility index (Phi) is 4.20. The Morgan fingerprint density at radius 3 is 2.77 bits per heavy atom. The molecule has 1 aromatic heterocycles. The van der Waals surface area contributed by atoms with Gasteiger partial charge in [0.15, 0.2) is 5.11 Å². The first-order valence-corrected chi connectivity index (χ1v) is 7.72. The van der Waals surface area contributed by atoms with Crippen molar-refractivity contribution in [2.24, 2.45) is 0 Å². The van der Waals surface area contributed by atoms with E-state index >= 15 is 0 Å². The summed E-state index contributed by atoms with van der Waals surface area (Å²) in [5.41, 5.74) is 3.72. The molecule has 6 heteroatoms. The largest absolute Gasteiger partial charge is 0.365 e. The van der Waals surface area contributed by atoms with Gasteiger partial charge in [-0.05, 0) is 36.7 Å². The van der Waals surface area contributed by atoms with Gasteiger partial charge in [0.25, 0.3) is 0 Å². The molecule has 3 rings (SSSR count). The van der Waals surface area contributed by atoms with Crippen molar-refractivity contribution >= 4 is 29.1 Å². The summed E-state index contributed by atoms with van der Waals surface area (Å²) in [6.45, 7) is 3.81. The minimum absolute atomic E-state index is 0.514. The molecule has 0 radical (unpaired) electrons. The molecule has 2 aromatic rings. The van der Waals surface area contributed by atoms with E-state index in [0.29, 0.717) is 11.1 Å². The van der Waals surface area contributed by atoms with Gasteiger partial charge in [-0.2, -0.15) is 4.98 Å². The molecule has 0 saturated carbocycles. The van der Waals surface area contributed by atoms with Crippen molar-refractivity contribution in [2.45, 2.75) is 19.9 Å². The van der Waals surface area contributed by atoms with Crippen LogP contribution in [0.2, 0.25) is 0 Å². The van der Waals surface area contributed by atoms with Crippen molar-refractivity contribution in [3.8, 4) is 0 Å². The van der Waals surface area contributed by atoms with Crippen LogP contribution in [0.15, 0.2) is 30.3 Å². The first kappa shape index (κ1) is 14.7. The second-order valence-electron chi connectivity index (χ2n) is 5.34. The van der Waals surface area contributed by atoms with Gasteiger partial charge in [-0.3, -0.25) is 0 Å². The highest BCUT2D eigenvalue weighted by atomic mass is 32.1. The third-order valence-corrected chi connectivity index (χ3v) is 4.05. The van der Waals surface area contributed by atoms with Crippen molar-refractivity contribution in [3.63, 3.8) is 0 Å². The topological polar surface area (TPSA) is 53.1 Å². The van der Waals surface area contributed by atoms with Gasteiger partial charge in [0.05, 0.1) is 0 Å². The van der Waals surface area contributed by atoms with E-state index in [1.54, 1.807) is 7.05 Å². The highest BCUT2D eigenvalue weighted by Crippen LogP contribution is 2.24. The predicted molar refractivity (Wildman–Crippen MR) is 93.2 cm³/mol. The standard InChI is InChI=1S/C16H19N5S/c1-11-9-14(19-15(18-11)20-16(22)17-2)21-8-7-12-5-3-4-6-13(12)10-21/h3-6,9H,7-8,10H2,1-2H3,(H2,17,18,19,20,22). The van der Waals surface area contributed by atoms with E-state index in [4.69, 9.17) is 12.2 Å². The first-order chi connectivity index (χ1) is 10.7. The molecule has 0 amide bonds. The summed E-state index contributed by atoms with van der Waals surface area (Å²) in [6.07, 6.45) is 1.04. The van der Waals surface area contributed by atoms with Gasteiger partial charge >= 0.3 is 0 Å². The average Bonchev–Trinajstić information content (AvgIpc) is 2.53. The van der Waals surface area contributed by atoms with Crippen molar-refractivity contribution in [1.82, 2.24) is 15.3 Å². The summed E-state index contributed by atoms with van der Waals surface area (Å²) in [4.78, 5) is 11.3. The van der Waals surface area contributed by atoms with Gasteiger partial charge in [-0.15, -0.1) is 0 Å². The van der Waals surface area contributed by atoms with E-state index in [9.17, 15) is 0 Å². The molecule has 2 heterocycles. The van der Waals surface area contributed by atoms with E-state index in [1.165, 1.54) is 11.1 Å². The Bertz CT molecular complexity index is 701. The van der Waals surface area contributed by atoms with Gasteiger partial charge < -0.3 is 15.5 Å². The molecule has 22 heavy (non-hydrogen) atoms. The number of hydrogen-bond donors (Lipinski definition) is 2. The van der Waals surface area contributed by atoms with Crippen LogP contribution in [0.4, 0.5) is 11.8 Å². The number of fused-ring (bicyclic) bond motifs is 1. The molecule has 5 nitrogen and oxygen atoms in total. The Morgan fingerprint density at radius 1 is 1.23 bits per heavy atom. The number of thiocarbonyl (C=S) groups is 1. The van der Waals surface area contributed by atoms with Crippen LogP contribution in [0, 0.1) is 6.92 Å². The van der Waals surface area contributed by atoms with Crippen molar-refractivity contribution < 1.29 is 0 Å². The molecular weight excluding hydrogens is 294 g/mol. The van der Waals surface area contributed by atoms with Crippen molar-refractivity contribution in [3.05, 3.63) is 47.2 Å². The van der Waals surface area contributed by atoms with Crippen molar-refractivity contribution in [2.75, 3.05) is 23.8 Å². The average molecular weight is 313 g/mol.